The zero-order valence-electron chi connectivity index (χ0n) is 33.8. The number of nitrogens with zero attached hydrogens (tertiary/aromatic N) is 1. The highest BCUT2D eigenvalue weighted by Gasteiger charge is 2.37. The molecule has 10 aromatic carbocycles. The van der Waals surface area contributed by atoms with Gasteiger partial charge in [0.05, 0.1) is 5.69 Å². The van der Waals surface area contributed by atoms with Gasteiger partial charge in [-0.1, -0.05) is 202 Å². The third-order valence-electron chi connectivity index (χ3n) is 12.7. The van der Waals surface area contributed by atoms with Crippen molar-refractivity contribution in [2.24, 2.45) is 0 Å². The lowest BCUT2D eigenvalue weighted by Gasteiger charge is -2.29. The lowest BCUT2D eigenvalue weighted by Crippen LogP contribution is -2.14. The first-order valence-electron chi connectivity index (χ1n) is 20.9. The Labute approximate surface area is 352 Å². The second-order valence-corrected chi connectivity index (χ2v) is 16.5. The summed E-state index contributed by atoms with van der Waals surface area (Å²) in [5, 5.41) is 5.00. The molecule has 0 saturated heterocycles. The van der Waals surface area contributed by atoms with Crippen LogP contribution in [0.25, 0.3) is 77.2 Å². The summed E-state index contributed by atoms with van der Waals surface area (Å²) in [6, 6.07) is 82.4. The quantitative estimate of drug-likeness (QED) is 0.146. The van der Waals surface area contributed by atoms with E-state index in [4.69, 9.17) is 0 Å². The Morgan fingerprint density at radius 2 is 0.900 bits per heavy atom. The Morgan fingerprint density at radius 3 is 1.70 bits per heavy atom. The van der Waals surface area contributed by atoms with Crippen molar-refractivity contribution in [1.29, 1.82) is 0 Å². The Kier molecular flexibility index (Phi) is 8.57. The first kappa shape index (κ1) is 35.7. The molecule has 0 atom stereocenters. The van der Waals surface area contributed by atoms with Crippen molar-refractivity contribution in [3.8, 4) is 55.6 Å². The van der Waals surface area contributed by atoms with Crippen molar-refractivity contribution in [2.45, 2.75) is 19.3 Å². The van der Waals surface area contributed by atoms with Gasteiger partial charge in [0, 0.05) is 22.4 Å². The number of para-hydroxylation sites is 1. The van der Waals surface area contributed by atoms with E-state index in [2.05, 4.69) is 243 Å². The summed E-state index contributed by atoms with van der Waals surface area (Å²) < 4.78 is 0. The zero-order valence-corrected chi connectivity index (χ0v) is 33.8. The summed E-state index contributed by atoms with van der Waals surface area (Å²) in [5.41, 5.74) is 18.4. The van der Waals surface area contributed by atoms with Crippen LogP contribution in [0.3, 0.4) is 0 Å². The average molecular weight is 766 g/mol. The molecule has 60 heavy (non-hydrogen) atoms. The van der Waals surface area contributed by atoms with Gasteiger partial charge in [-0.2, -0.15) is 0 Å². The number of anilines is 3. The highest BCUT2D eigenvalue weighted by atomic mass is 15.1. The molecule has 10 aromatic rings. The summed E-state index contributed by atoms with van der Waals surface area (Å²) >= 11 is 0. The van der Waals surface area contributed by atoms with Gasteiger partial charge >= 0.3 is 0 Å². The lowest BCUT2D eigenvalue weighted by molar-refractivity contribution is 0.660. The van der Waals surface area contributed by atoms with Crippen LogP contribution in [0.5, 0.6) is 0 Å². The number of fused-ring (bicyclic) bond motifs is 6. The van der Waals surface area contributed by atoms with Gasteiger partial charge in [-0.05, 0) is 119 Å². The molecule has 0 heterocycles. The van der Waals surface area contributed by atoms with Gasteiger partial charge in [-0.25, -0.2) is 0 Å². The van der Waals surface area contributed by atoms with Gasteiger partial charge in [0.25, 0.3) is 0 Å². The Bertz CT molecular complexity index is 3210. The van der Waals surface area contributed by atoms with Crippen LogP contribution < -0.4 is 4.90 Å². The van der Waals surface area contributed by atoms with Gasteiger partial charge in [0.2, 0.25) is 0 Å². The standard InChI is InChI=1S/C59H43N/c1-59(2)55-25-13-11-23-53(55)58-52(24-15-26-56(58)59)51-22-12-14-27-57(51)60(47-35-37-50-45(38-47)29-28-43-20-9-10-21-48(43)50)46-33-30-40(31-34-46)44-32-36-49(41-16-5-3-6-17-41)54(39-44)42-18-7-4-8-19-42/h3-39H,1-2H3. The van der Waals surface area contributed by atoms with E-state index in [1.807, 2.05) is 0 Å². The minimum atomic E-state index is -0.0901. The normalized spacial score (nSPS) is 12.6. The summed E-state index contributed by atoms with van der Waals surface area (Å²) in [7, 11) is 0. The number of hydrogen-bond acceptors (Lipinski definition) is 1. The molecule has 0 spiro atoms. The van der Waals surface area contributed by atoms with Crippen LogP contribution in [0.1, 0.15) is 25.0 Å². The van der Waals surface area contributed by atoms with Crippen molar-refractivity contribution < 1.29 is 0 Å². The van der Waals surface area contributed by atoms with E-state index >= 15 is 0 Å². The molecule has 0 aromatic heterocycles. The molecule has 0 N–H and O–H groups in total. The molecule has 0 saturated carbocycles. The summed E-state index contributed by atoms with van der Waals surface area (Å²) in [5.74, 6) is 0. The molecule has 0 unspecified atom stereocenters. The minimum Gasteiger partial charge on any atom is -0.310 e. The number of hydrogen-bond donors (Lipinski definition) is 0. The van der Waals surface area contributed by atoms with Crippen LogP contribution in [0.15, 0.2) is 224 Å². The molecule has 1 aliphatic carbocycles. The SMILES string of the molecule is CC1(C)c2ccccc2-c2c(-c3ccccc3N(c3ccc(-c4ccc(-c5ccccc5)c(-c5ccccc5)c4)cc3)c3ccc4c(ccc5ccccc54)c3)cccc21. The first-order valence-corrected chi connectivity index (χ1v) is 20.9. The largest absolute Gasteiger partial charge is 0.310 e. The van der Waals surface area contributed by atoms with Crippen molar-refractivity contribution >= 4 is 38.6 Å². The lowest BCUT2D eigenvalue weighted by atomic mass is 9.82. The van der Waals surface area contributed by atoms with E-state index < -0.39 is 0 Å². The van der Waals surface area contributed by atoms with Gasteiger partial charge < -0.3 is 4.90 Å². The van der Waals surface area contributed by atoms with Crippen LogP contribution in [0, 0.1) is 0 Å². The minimum absolute atomic E-state index is 0.0901. The van der Waals surface area contributed by atoms with Crippen LogP contribution in [-0.2, 0) is 5.41 Å². The van der Waals surface area contributed by atoms with E-state index in [1.54, 1.807) is 0 Å². The van der Waals surface area contributed by atoms with E-state index in [0.29, 0.717) is 0 Å². The molecule has 0 bridgehead atoms. The summed E-state index contributed by atoms with van der Waals surface area (Å²) in [6.45, 7) is 4.72. The molecule has 11 rings (SSSR count). The molecule has 0 fully saturated rings. The molecule has 0 radical (unpaired) electrons. The maximum absolute atomic E-state index is 2.45. The van der Waals surface area contributed by atoms with Crippen LogP contribution in [0.2, 0.25) is 0 Å². The molecule has 1 aliphatic rings. The Balaban J connectivity index is 1.08. The fraction of sp³-hybridized carbons (Fsp3) is 0.0508. The van der Waals surface area contributed by atoms with Crippen molar-refractivity contribution in [3.63, 3.8) is 0 Å². The molecular formula is C59H43N. The third-order valence-corrected chi connectivity index (χ3v) is 12.7. The molecule has 1 heteroatoms. The van der Waals surface area contributed by atoms with E-state index in [-0.39, 0.29) is 5.41 Å². The van der Waals surface area contributed by atoms with Gasteiger partial charge in [-0.3, -0.25) is 0 Å². The highest BCUT2D eigenvalue weighted by Crippen LogP contribution is 2.54. The third kappa shape index (κ3) is 5.93. The first-order chi connectivity index (χ1) is 29.5. The molecule has 1 nitrogen and oxygen atoms in total. The van der Waals surface area contributed by atoms with Gasteiger partial charge in [-0.15, -0.1) is 0 Å². The van der Waals surface area contributed by atoms with Crippen molar-refractivity contribution in [2.75, 3.05) is 4.90 Å². The van der Waals surface area contributed by atoms with Crippen molar-refractivity contribution in [1.82, 2.24) is 0 Å². The second-order valence-electron chi connectivity index (χ2n) is 16.5. The predicted octanol–water partition coefficient (Wildman–Crippen LogP) is 16.4. The fourth-order valence-corrected chi connectivity index (χ4v) is 9.69. The fourth-order valence-electron chi connectivity index (χ4n) is 9.69. The zero-order chi connectivity index (χ0) is 40.2. The Hall–Kier alpha value is -7.48. The average Bonchev–Trinajstić information content (AvgIpc) is 3.55. The van der Waals surface area contributed by atoms with Crippen LogP contribution in [-0.4, -0.2) is 0 Å². The predicted molar refractivity (Wildman–Crippen MR) is 255 cm³/mol. The molecule has 0 amide bonds. The maximum Gasteiger partial charge on any atom is 0.0540 e. The molecule has 284 valence electrons. The van der Waals surface area contributed by atoms with E-state index in [9.17, 15) is 0 Å². The topological polar surface area (TPSA) is 3.24 Å². The molecule has 0 aliphatic heterocycles. The van der Waals surface area contributed by atoms with E-state index in [0.717, 1.165) is 17.1 Å². The molecular weight excluding hydrogens is 723 g/mol. The number of rotatable bonds is 7. The monoisotopic (exact) mass is 765 g/mol. The highest BCUT2D eigenvalue weighted by molar-refractivity contribution is 6.09. The van der Waals surface area contributed by atoms with Crippen LogP contribution in [0.4, 0.5) is 17.1 Å². The van der Waals surface area contributed by atoms with Gasteiger partial charge in [0.15, 0.2) is 0 Å². The van der Waals surface area contributed by atoms with Crippen LogP contribution >= 0.6 is 0 Å². The smallest absolute Gasteiger partial charge is 0.0540 e. The summed E-state index contributed by atoms with van der Waals surface area (Å²) in [4.78, 5) is 2.45. The van der Waals surface area contributed by atoms with E-state index in [1.165, 1.54) is 88.3 Å². The maximum atomic E-state index is 2.45. The summed E-state index contributed by atoms with van der Waals surface area (Å²) in [6.07, 6.45) is 0. The second kappa shape index (κ2) is 14.4. The number of benzene rings is 10. The Morgan fingerprint density at radius 1 is 0.317 bits per heavy atom. The van der Waals surface area contributed by atoms with Crippen molar-refractivity contribution in [3.05, 3.63) is 236 Å². The van der Waals surface area contributed by atoms with Gasteiger partial charge in [0.1, 0.15) is 0 Å².